The molecule has 0 saturated carbocycles. The third kappa shape index (κ3) is 3.28. The lowest BCUT2D eigenvalue weighted by molar-refractivity contribution is -0.143. The summed E-state index contributed by atoms with van der Waals surface area (Å²) in [4.78, 5) is 12.7. The van der Waals surface area contributed by atoms with E-state index in [4.69, 9.17) is 9.15 Å². The number of nitrogens with zero attached hydrogens (tertiary/aromatic N) is 3. The number of benzene rings is 1. The second-order valence-electron chi connectivity index (χ2n) is 5.75. The van der Waals surface area contributed by atoms with Gasteiger partial charge in [0.05, 0.1) is 12.0 Å². The summed E-state index contributed by atoms with van der Waals surface area (Å²) in [6.07, 6.45) is -0.0642. The van der Waals surface area contributed by atoms with Gasteiger partial charge in [0.2, 0.25) is 17.7 Å². The fourth-order valence-corrected chi connectivity index (χ4v) is 2.54. The lowest BCUT2D eigenvalue weighted by atomic mass is 10.00. The number of hydrogen-bond donors (Lipinski definition) is 0. The topological polar surface area (TPSA) is 68.5 Å². The Bertz CT molecular complexity index is 724. The van der Waals surface area contributed by atoms with Gasteiger partial charge >= 0.3 is 0 Å². The highest BCUT2D eigenvalue weighted by molar-refractivity contribution is 5.74. The fraction of sp³-hybridized carbons (Fsp3) is 0.438. The first-order valence-corrected chi connectivity index (χ1v) is 7.59. The van der Waals surface area contributed by atoms with Gasteiger partial charge in [-0.1, -0.05) is 6.07 Å². The average Bonchev–Trinajstić information content (AvgIpc) is 2.93. The van der Waals surface area contributed by atoms with Crippen molar-refractivity contribution in [3.8, 4) is 0 Å². The molecule has 1 saturated heterocycles. The van der Waals surface area contributed by atoms with Crippen LogP contribution in [-0.4, -0.2) is 40.2 Å². The lowest BCUT2D eigenvalue weighted by Gasteiger charge is -2.37. The molecule has 1 aliphatic heterocycles. The summed E-state index contributed by atoms with van der Waals surface area (Å²) in [7, 11) is 0. The van der Waals surface area contributed by atoms with Crippen molar-refractivity contribution in [3.63, 3.8) is 0 Å². The van der Waals surface area contributed by atoms with Gasteiger partial charge < -0.3 is 14.1 Å². The molecule has 0 spiro atoms. The SMILES string of the molecule is CC(=O)N1CC(OCc2nnc(C(C)c3c(F)cccc3F)o2)C1. The standard InChI is InChI=1S/C16H17F2N3O3/c1-9(15-12(17)4-3-5-13(15)18)16-20-19-14(24-16)8-23-11-6-21(7-11)10(2)22/h3-5,9,11H,6-8H2,1-2H3. The summed E-state index contributed by atoms with van der Waals surface area (Å²) in [6, 6.07) is 3.68. The van der Waals surface area contributed by atoms with Crippen LogP contribution in [-0.2, 0) is 16.1 Å². The van der Waals surface area contributed by atoms with Crippen molar-refractivity contribution < 1.29 is 22.7 Å². The van der Waals surface area contributed by atoms with Crippen molar-refractivity contribution in [1.82, 2.24) is 15.1 Å². The lowest BCUT2D eigenvalue weighted by Crippen LogP contribution is -2.53. The molecule has 6 nitrogen and oxygen atoms in total. The zero-order valence-corrected chi connectivity index (χ0v) is 13.3. The first kappa shape index (κ1) is 16.5. The fourth-order valence-electron chi connectivity index (χ4n) is 2.54. The Labute approximate surface area is 137 Å². The molecule has 1 aromatic carbocycles. The van der Waals surface area contributed by atoms with Crippen molar-refractivity contribution in [2.75, 3.05) is 13.1 Å². The van der Waals surface area contributed by atoms with Gasteiger partial charge in [0.1, 0.15) is 18.2 Å². The van der Waals surface area contributed by atoms with Crippen LogP contribution in [0.25, 0.3) is 0 Å². The van der Waals surface area contributed by atoms with Gasteiger partial charge in [-0.25, -0.2) is 8.78 Å². The Morgan fingerprint density at radius 2 is 2.04 bits per heavy atom. The van der Waals surface area contributed by atoms with Gasteiger partial charge in [0.25, 0.3) is 0 Å². The number of carbonyl (C=O) groups is 1. The van der Waals surface area contributed by atoms with Gasteiger partial charge in [0.15, 0.2) is 0 Å². The molecule has 1 aliphatic rings. The van der Waals surface area contributed by atoms with Crippen LogP contribution in [0.4, 0.5) is 8.78 Å². The van der Waals surface area contributed by atoms with Crippen LogP contribution >= 0.6 is 0 Å². The molecule has 8 heteroatoms. The molecule has 0 N–H and O–H groups in total. The van der Waals surface area contributed by atoms with E-state index in [2.05, 4.69) is 10.2 Å². The van der Waals surface area contributed by atoms with Crippen LogP contribution in [0.1, 0.15) is 37.1 Å². The summed E-state index contributed by atoms with van der Waals surface area (Å²) in [5, 5.41) is 7.68. The van der Waals surface area contributed by atoms with E-state index in [1.54, 1.807) is 11.8 Å². The van der Waals surface area contributed by atoms with E-state index in [0.29, 0.717) is 13.1 Å². The molecule has 3 rings (SSSR count). The molecule has 0 radical (unpaired) electrons. The first-order chi connectivity index (χ1) is 11.5. The van der Waals surface area contributed by atoms with E-state index < -0.39 is 17.6 Å². The number of halogens is 2. The van der Waals surface area contributed by atoms with Gasteiger partial charge in [-0.15, -0.1) is 10.2 Å². The maximum Gasteiger partial charge on any atom is 0.242 e. The first-order valence-electron chi connectivity index (χ1n) is 7.59. The monoisotopic (exact) mass is 337 g/mol. The maximum atomic E-state index is 13.8. The molecular weight excluding hydrogens is 320 g/mol. The molecular formula is C16H17F2N3O3. The summed E-state index contributed by atoms with van der Waals surface area (Å²) < 4.78 is 38.6. The Hall–Kier alpha value is -2.35. The van der Waals surface area contributed by atoms with Crippen molar-refractivity contribution in [2.45, 2.75) is 32.5 Å². The molecule has 1 amide bonds. The zero-order valence-electron chi connectivity index (χ0n) is 13.3. The Morgan fingerprint density at radius 1 is 1.38 bits per heavy atom. The normalized spacial score (nSPS) is 16.1. The number of amides is 1. The molecule has 0 aliphatic carbocycles. The Kier molecular flexibility index (Phi) is 4.57. The number of aromatic nitrogens is 2. The quantitative estimate of drug-likeness (QED) is 0.837. The summed E-state index contributed by atoms with van der Waals surface area (Å²) >= 11 is 0. The van der Waals surface area contributed by atoms with E-state index in [1.807, 2.05) is 0 Å². The van der Waals surface area contributed by atoms with E-state index in [0.717, 1.165) is 0 Å². The number of ether oxygens (including phenoxy) is 1. The van der Waals surface area contributed by atoms with Crippen molar-refractivity contribution >= 4 is 5.91 Å². The number of hydrogen-bond acceptors (Lipinski definition) is 5. The second kappa shape index (κ2) is 6.64. The Balaban J connectivity index is 1.60. The maximum absolute atomic E-state index is 13.8. The van der Waals surface area contributed by atoms with Crippen molar-refractivity contribution in [3.05, 3.63) is 47.2 Å². The van der Waals surface area contributed by atoms with Crippen molar-refractivity contribution in [1.29, 1.82) is 0 Å². The van der Waals surface area contributed by atoms with E-state index in [9.17, 15) is 13.6 Å². The summed E-state index contributed by atoms with van der Waals surface area (Å²) in [6.45, 7) is 4.26. The third-order valence-corrected chi connectivity index (χ3v) is 4.02. The van der Waals surface area contributed by atoms with Gasteiger partial charge in [-0.2, -0.15) is 0 Å². The number of carbonyl (C=O) groups excluding carboxylic acids is 1. The minimum Gasteiger partial charge on any atom is -0.422 e. The molecule has 2 aromatic rings. The Morgan fingerprint density at radius 3 is 2.67 bits per heavy atom. The molecule has 24 heavy (non-hydrogen) atoms. The largest absolute Gasteiger partial charge is 0.422 e. The summed E-state index contributed by atoms with van der Waals surface area (Å²) in [5.74, 6) is -1.65. The minimum atomic E-state index is -0.704. The van der Waals surface area contributed by atoms with Crippen LogP contribution in [0.5, 0.6) is 0 Å². The smallest absolute Gasteiger partial charge is 0.242 e. The van der Waals surface area contributed by atoms with E-state index in [1.165, 1.54) is 25.1 Å². The molecule has 1 unspecified atom stereocenters. The molecule has 1 aromatic heterocycles. The van der Waals surface area contributed by atoms with Gasteiger partial charge in [-0.3, -0.25) is 4.79 Å². The molecule has 1 atom stereocenters. The highest BCUT2D eigenvalue weighted by atomic mass is 19.1. The van der Waals surface area contributed by atoms with Crippen LogP contribution < -0.4 is 0 Å². The molecule has 128 valence electrons. The predicted octanol–water partition coefficient (Wildman–Crippen LogP) is 2.25. The predicted molar refractivity (Wildman–Crippen MR) is 79.0 cm³/mol. The third-order valence-electron chi connectivity index (χ3n) is 4.02. The molecule has 2 heterocycles. The van der Waals surface area contributed by atoms with Crippen LogP contribution in [0.3, 0.4) is 0 Å². The van der Waals surface area contributed by atoms with Crippen LogP contribution in [0.15, 0.2) is 22.6 Å². The van der Waals surface area contributed by atoms with Gasteiger partial charge in [0, 0.05) is 25.6 Å². The number of rotatable bonds is 5. The molecule has 0 bridgehead atoms. The van der Waals surface area contributed by atoms with Crippen LogP contribution in [0, 0.1) is 11.6 Å². The van der Waals surface area contributed by atoms with Gasteiger partial charge in [-0.05, 0) is 19.1 Å². The summed E-state index contributed by atoms with van der Waals surface area (Å²) in [5.41, 5.74) is -0.107. The van der Waals surface area contributed by atoms with E-state index >= 15 is 0 Å². The second-order valence-corrected chi connectivity index (χ2v) is 5.75. The highest BCUT2D eigenvalue weighted by Gasteiger charge is 2.30. The zero-order chi connectivity index (χ0) is 17.3. The van der Waals surface area contributed by atoms with Crippen LogP contribution in [0.2, 0.25) is 0 Å². The highest BCUT2D eigenvalue weighted by Crippen LogP contribution is 2.28. The van der Waals surface area contributed by atoms with E-state index in [-0.39, 0.29) is 36.0 Å². The minimum absolute atomic E-state index is 0.00988. The average molecular weight is 337 g/mol. The van der Waals surface area contributed by atoms with Crippen molar-refractivity contribution in [2.24, 2.45) is 0 Å². The number of likely N-dealkylation sites (tertiary alicyclic amines) is 1. The molecule has 1 fully saturated rings.